The van der Waals surface area contributed by atoms with Crippen LogP contribution in [-0.4, -0.2) is 11.0 Å². The Morgan fingerprint density at radius 2 is 1.86 bits per heavy atom. The van der Waals surface area contributed by atoms with E-state index in [1.54, 1.807) is 6.07 Å². The summed E-state index contributed by atoms with van der Waals surface area (Å²) in [7, 11) is 0. The molecule has 0 unspecified atom stereocenters. The number of hydrogen-bond acceptors (Lipinski definition) is 2. The Labute approximate surface area is 129 Å². The van der Waals surface area contributed by atoms with E-state index in [0.29, 0.717) is 17.1 Å². The van der Waals surface area contributed by atoms with E-state index >= 15 is 0 Å². The maximum absolute atomic E-state index is 12.4. The molecule has 0 aliphatic carbocycles. The molecule has 2 aromatic carbocycles. The van der Waals surface area contributed by atoms with Crippen molar-refractivity contribution >= 4 is 23.2 Å². The lowest BCUT2D eigenvalue weighted by molar-refractivity contribution is -0.123. The topological polar surface area (TPSA) is 49.3 Å². The van der Waals surface area contributed by atoms with Gasteiger partial charge in [-0.25, -0.2) is 0 Å². The van der Waals surface area contributed by atoms with Crippen LogP contribution >= 0.6 is 11.6 Å². The summed E-state index contributed by atoms with van der Waals surface area (Å²) < 4.78 is 0. The second-order valence-electron chi connectivity index (χ2n) is 5.66. The van der Waals surface area contributed by atoms with E-state index in [1.807, 2.05) is 44.2 Å². The third-order valence-corrected chi connectivity index (χ3v) is 3.55. The summed E-state index contributed by atoms with van der Waals surface area (Å²) in [5.74, 6) is -0.160. The van der Waals surface area contributed by atoms with Gasteiger partial charge >= 0.3 is 0 Å². The molecule has 0 heterocycles. The summed E-state index contributed by atoms with van der Waals surface area (Å²) in [5, 5.41) is 13.0. The molecule has 0 aliphatic rings. The zero-order valence-corrected chi connectivity index (χ0v) is 12.8. The molecule has 0 spiro atoms. The molecule has 4 heteroatoms. The Bertz CT molecular complexity index is 638. The largest absolute Gasteiger partial charge is 0.506 e. The van der Waals surface area contributed by atoms with E-state index in [9.17, 15) is 9.90 Å². The minimum Gasteiger partial charge on any atom is -0.506 e. The van der Waals surface area contributed by atoms with Gasteiger partial charge in [0, 0.05) is 10.4 Å². The molecular formula is C17H18ClNO2. The average Bonchev–Trinajstić information content (AvgIpc) is 2.43. The van der Waals surface area contributed by atoms with E-state index in [4.69, 9.17) is 11.6 Å². The monoisotopic (exact) mass is 303 g/mol. The normalized spacial score (nSPS) is 11.2. The smallest absolute Gasteiger partial charge is 0.230 e. The van der Waals surface area contributed by atoms with Crippen molar-refractivity contribution in [1.82, 2.24) is 0 Å². The second-order valence-corrected chi connectivity index (χ2v) is 6.10. The molecule has 110 valence electrons. The fourth-order valence-corrected chi connectivity index (χ4v) is 2.26. The minimum atomic E-state index is -0.601. The molecule has 2 aromatic rings. The number of anilines is 1. The van der Waals surface area contributed by atoms with Crippen LogP contribution in [0.3, 0.4) is 0 Å². The van der Waals surface area contributed by atoms with E-state index in [0.717, 1.165) is 5.56 Å². The number of rotatable bonds is 4. The molecule has 0 atom stereocenters. The summed E-state index contributed by atoms with van der Waals surface area (Å²) in [4.78, 5) is 12.4. The highest BCUT2D eigenvalue weighted by atomic mass is 35.5. The van der Waals surface area contributed by atoms with Gasteiger partial charge in [0.05, 0.1) is 5.69 Å². The molecule has 0 bridgehead atoms. The Balaban J connectivity index is 2.13. The third kappa shape index (κ3) is 3.99. The molecule has 0 saturated carbocycles. The zero-order valence-electron chi connectivity index (χ0n) is 12.1. The van der Waals surface area contributed by atoms with Crippen molar-refractivity contribution in [3.63, 3.8) is 0 Å². The van der Waals surface area contributed by atoms with Gasteiger partial charge in [0.1, 0.15) is 5.75 Å². The van der Waals surface area contributed by atoms with Crippen LogP contribution in [-0.2, 0) is 11.2 Å². The lowest BCUT2D eigenvalue weighted by Crippen LogP contribution is -2.32. The number of aromatic hydroxyl groups is 1. The quantitative estimate of drug-likeness (QED) is 0.829. The van der Waals surface area contributed by atoms with Gasteiger partial charge in [-0.3, -0.25) is 4.79 Å². The molecule has 2 N–H and O–H groups in total. The molecule has 21 heavy (non-hydrogen) atoms. The lowest BCUT2D eigenvalue weighted by Gasteiger charge is -2.24. The van der Waals surface area contributed by atoms with Crippen LogP contribution in [0.2, 0.25) is 5.02 Å². The molecule has 0 aliphatic heterocycles. The average molecular weight is 304 g/mol. The number of nitrogens with one attached hydrogen (secondary N) is 1. The second kappa shape index (κ2) is 6.19. The van der Waals surface area contributed by atoms with E-state index in [-0.39, 0.29) is 11.7 Å². The number of amides is 1. The number of carbonyl (C=O) groups is 1. The van der Waals surface area contributed by atoms with Crippen LogP contribution in [0.25, 0.3) is 0 Å². The van der Waals surface area contributed by atoms with Gasteiger partial charge in [-0.2, -0.15) is 0 Å². The van der Waals surface area contributed by atoms with Crippen LogP contribution in [0.5, 0.6) is 5.75 Å². The summed E-state index contributed by atoms with van der Waals surface area (Å²) in [5.41, 5.74) is 0.817. The van der Waals surface area contributed by atoms with Gasteiger partial charge in [-0.15, -0.1) is 0 Å². The van der Waals surface area contributed by atoms with Crippen LogP contribution in [0.4, 0.5) is 5.69 Å². The van der Waals surface area contributed by atoms with E-state index in [2.05, 4.69) is 5.32 Å². The Hall–Kier alpha value is -2.00. The highest BCUT2D eigenvalue weighted by Gasteiger charge is 2.28. The molecule has 2 rings (SSSR count). The molecule has 0 radical (unpaired) electrons. The van der Waals surface area contributed by atoms with Gasteiger partial charge in [-0.1, -0.05) is 55.8 Å². The van der Waals surface area contributed by atoms with E-state index in [1.165, 1.54) is 12.1 Å². The first kappa shape index (κ1) is 15.4. The summed E-state index contributed by atoms with van der Waals surface area (Å²) in [6.07, 6.45) is 0.612. The fourth-order valence-electron chi connectivity index (χ4n) is 2.09. The van der Waals surface area contributed by atoms with Gasteiger partial charge < -0.3 is 10.4 Å². The van der Waals surface area contributed by atoms with Crippen molar-refractivity contribution in [2.45, 2.75) is 20.3 Å². The number of phenolic OH excluding ortho intramolecular Hbond substituents is 1. The van der Waals surface area contributed by atoms with Gasteiger partial charge in [0.15, 0.2) is 0 Å². The van der Waals surface area contributed by atoms with Crippen molar-refractivity contribution in [1.29, 1.82) is 0 Å². The Morgan fingerprint density at radius 1 is 1.19 bits per heavy atom. The minimum absolute atomic E-state index is 0.00302. The summed E-state index contributed by atoms with van der Waals surface area (Å²) in [6, 6.07) is 14.4. The number of phenols is 1. The van der Waals surface area contributed by atoms with Crippen molar-refractivity contribution in [3.05, 3.63) is 59.1 Å². The Morgan fingerprint density at radius 3 is 2.52 bits per heavy atom. The molecule has 3 nitrogen and oxygen atoms in total. The van der Waals surface area contributed by atoms with Crippen molar-refractivity contribution in [2.24, 2.45) is 5.41 Å². The first-order valence-corrected chi connectivity index (χ1v) is 7.10. The summed E-state index contributed by atoms with van der Waals surface area (Å²) >= 11 is 5.88. The standard InChI is InChI=1S/C17H18ClNO2/c1-17(2,11-12-6-4-3-5-7-12)16(21)19-14-10-13(18)8-9-15(14)20/h3-10,20H,11H2,1-2H3,(H,19,21). The first-order valence-electron chi connectivity index (χ1n) is 6.72. The van der Waals surface area contributed by atoms with Crippen LogP contribution in [0, 0.1) is 5.41 Å². The predicted octanol–water partition coefficient (Wildman–Crippen LogP) is 4.25. The molecular weight excluding hydrogens is 286 g/mol. The number of halogens is 1. The lowest BCUT2D eigenvalue weighted by atomic mass is 9.84. The van der Waals surface area contributed by atoms with Crippen molar-refractivity contribution in [2.75, 3.05) is 5.32 Å². The van der Waals surface area contributed by atoms with Crippen LogP contribution in [0.15, 0.2) is 48.5 Å². The highest BCUT2D eigenvalue weighted by Crippen LogP contribution is 2.30. The number of hydrogen-bond donors (Lipinski definition) is 2. The molecule has 1 amide bonds. The number of benzene rings is 2. The zero-order chi connectivity index (χ0) is 15.5. The maximum atomic E-state index is 12.4. The maximum Gasteiger partial charge on any atom is 0.230 e. The third-order valence-electron chi connectivity index (χ3n) is 3.31. The molecule has 0 aromatic heterocycles. The van der Waals surface area contributed by atoms with Gasteiger partial charge in [-0.05, 0) is 30.2 Å². The highest BCUT2D eigenvalue weighted by molar-refractivity contribution is 6.31. The van der Waals surface area contributed by atoms with Gasteiger partial charge in [0.2, 0.25) is 5.91 Å². The van der Waals surface area contributed by atoms with Crippen molar-refractivity contribution in [3.8, 4) is 5.75 Å². The van der Waals surface area contributed by atoms with Crippen molar-refractivity contribution < 1.29 is 9.90 Å². The SMILES string of the molecule is CC(C)(Cc1ccccc1)C(=O)Nc1cc(Cl)ccc1O. The van der Waals surface area contributed by atoms with E-state index < -0.39 is 5.41 Å². The Kier molecular flexibility index (Phi) is 4.53. The fraction of sp³-hybridized carbons (Fsp3) is 0.235. The van der Waals surface area contributed by atoms with Gasteiger partial charge in [0.25, 0.3) is 0 Å². The first-order chi connectivity index (χ1) is 9.88. The van der Waals surface area contributed by atoms with Crippen LogP contribution in [0.1, 0.15) is 19.4 Å². The van der Waals surface area contributed by atoms with Crippen LogP contribution < -0.4 is 5.32 Å². The predicted molar refractivity (Wildman–Crippen MR) is 85.7 cm³/mol. The number of carbonyl (C=O) groups excluding carboxylic acids is 1. The molecule has 0 saturated heterocycles. The summed E-state index contributed by atoms with van der Waals surface area (Å²) in [6.45, 7) is 3.74. The molecule has 0 fully saturated rings.